The van der Waals surface area contributed by atoms with Crippen molar-refractivity contribution >= 4 is 17.4 Å². The molecule has 1 N–H and O–H groups in total. The Morgan fingerprint density at radius 2 is 2.21 bits per heavy atom. The predicted octanol–water partition coefficient (Wildman–Crippen LogP) is 2.18. The van der Waals surface area contributed by atoms with Crippen LogP contribution in [0.5, 0.6) is 0 Å². The van der Waals surface area contributed by atoms with Crippen LogP contribution < -0.4 is 5.32 Å². The SMILES string of the molecule is CC1OCCC1C(=O)c1ccc2c(c1)CCC(=O)N2. The zero-order chi connectivity index (χ0) is 13.4. The molecule has 1 aromatic carbocycles. The molecule has 4 heteroatoms. The topological polar surface area (TPSA) is 55.4 Å². The van der Waals surface area contributed by atoms with Gasteiger partial charge in [-0.25, -0.2) is 0 Å². The van der Waals surface area contributed by atoms with Gasteiger partial charge < -0.3 is 10.1 Å². The van der Waals surface area contributed by atoms with E-state index in [9.17, 15) is 9.59 Å². The summed E-state index contributed by atoms with van der Waals surface area (Å²) in [6.07, 6.45) is 2.00. The van der Waals surface area contributed by atoms with E-state index in [0.29, 0.717) is 19.4 Å². The van der Waals surface area contributed by atoms with Gasteiger partial charge >= 0.3 is 0 Å². The van der Waals surface area contributed by atoms with Gasteiger partial charge in [-0.2, -0.15) is 0 Å². The number of hydrogen-bond acceptors (Lipinski definition) is 3. The summed E-state index contributed by atoms with van der Waals surface area (Å²) in [6.45, 7) is 2.62. The molecule has 1 amide bonds. The monoisotopic (exact) mass is 259 g/mol. The van der Waals surface area contributed by atoms with Crippen LogP contribution in [0.2, 0.25) is 0 Å². The summed E-state index contributed by atoms with van der Waals surface area (Å²) in [5, 5.41) is 2.83. The lowest BCUT2D eigenvalue weighted by Crippen LogP contribution is -2.23. The molecule has 1 aromatic rings. The number of benzene rings is 1. The first-order valence-corrected chi connectivity index (χ1v) is 6.74. The average Bonchev–Trinajstić information content (AvgIpc) is 2.83. The van der Waals surface area contributed by atoms with E-state index < -0.39 is 0 Å². The molecule has 0 saturated carbocycles. The standard InChI is InChI=1S/C15H17NO3/c1-9-12(6-7-19-9)15(18)11-2-4-13-10(8-11)3-5-14(17)16-13/h2,4,8-9,12H,3,5-7H2,1H3,(H,16,17). The number of ketones is 1. The van der Waals surface area contributed by atoms with E-state index in [-0.39, 0.29) is 23.7 Å². The first kappa shape index (κ1) is 12.4. The van der Waals surface area contributed by atoms with Crippen molar-refractivity contribution < 1.29 is 14.3 Å². The summed E-state index contributed by atoms with van der Waals surface area (Å²) in [7, 11) is 0. The van der Waals surface area contributed by atoms with Gasteiger partial charge in [0.2, 0.25) is 5.91 Å². The van der Waals surface area contributed by atoms with Crippen molar-refractivity contribution in [2.24, 2.45) is 5.92 Å². The van der Waals surface area contributed by atoms with Crippen LogP contribution in [0.25, 0.3) is 0 Å². The fourth-order valence-electron chi connectivity index (χ4n) is 2.83. The average molecular weight is 259 g/mol. The minimum Gasteiger partial charge on any atom is -0.378 e. The number of carbonyl (C=O) groups is 2. The van der Waals surface area contributed by atoms with Crippen molar-refractivity contribution in [2.45, 2.75) is 32.3 Å². The molecule has 4 nitrogen and oxygen atoms in total. The maximum absolute atomic E-state index is 12.4. The predicted molar refractivity (Wildman–Crippen MR) is 71.2 cm³/mol. The smallest absolute Gasteiger partial charge is 0.224 e. The Morgan fingerprint density at radius 3 is 2.95 bits per heavy atom. The van der Waals surface area contributed by atoms with E-state index >= 15 is 0 Å². The second-order valence-corrected chi connectivity index (χ2v) is 5.26. The molecule has 3 rings (SSSR count). The van der Waals surface area contributed by atoms with Crippen LogP contribution in [0.15, 0.2) is 18.2 Å². The van der Waals surface area contributed by atoms with E-state index in [0.717, 1.165) is 23.2 Å². The molecular weight excluding hydrogens is 242 g/mol. The largest absolute Gasteiger partial charge is 0.378 e. The van der Waals surface area contributed by atoms with Gasteiger partial charge in [-0.3, -0.25) is 9.59 Å². The van der Waals surface area contributed by atoms with E-state index in [2.05, 4.69) is 5.32 Å². The quantitative estimate of drug-likeness (QED) is 0.828. The second kappa shape index (κ2) is 4.78. The van der Waals surface area contributed by atoms with Crippen molar-refractivity contribution in [1.29, 1.82) is 0 Å². The lowest BCUT2D eigenvalue weighted by atomic mass is 9.90. The van der Waals surface area contributed by atoms with Gasteiger partial charge in [0.1, 0.15) is 0 Å². The molecule has 2 aliphatic rings. The highest BCUT2D eigenvalue weighted by Crippen LogP contribution is 2.28. The molecule has 0 aromatic heterocycles. The number of Topliss-reactive ketones (excluding diaryl/α,β-unsaturated/α-hetero) is 1. The van der Waals surface area contributed by atoms with Gasteiger partial charge in [-0.1, -0.05) is 0 Å². The third kappa shape index (κ3) is 2.28. The molecule has 100 valence electrons. The summed E-state index contributed by atoms with van der Waals surface area (Å²) >= 11 is 0. The number of aryl methyl sites for hydroxylation is 1. The van der Waals surface area contributed by atoms with Crippen LogP contribution in [0.1, 0.15) is 35.7 Å². The number of anilines is 1. The number of hydrogen-bond donors (Lipinski definition) is 1. The fourth-order valence-corrected chi connectivity index (χ4v) is 2.83. The number of rotatable bonds is 2. The van der Waals surface area contributed by atoms with Gasteiger partial charge in [-0.15, -0.1) is 0 Å². The van der Waals surface area contributed by atoms with Gasteiger partial charge in [-0.05, 0) is 43.5 Å². The number of carbonyl (C=O) groups excluding carboxylic acids is 2. The normalized spacial score (nSPS) is 25.8. The number of amides is 1. The highest BCUT2D eigenvalue weighted by Gasteiger charge is 2.31. The Balaban J connectivity index is 1.86. The van der Waals surface area contributed by atoms with E-state index in [1.165, 1.54) is 0 Å². The van der Waals surface area contributed by atoms with Gasteiger partial charge in [0, 0.05) is 24.3 Å². The summed E-state index contributed by atoms with van der Waals surface area (Å²) in [6, 6.07) is 5.56. The fraction of sp³-hybridized carbons (Fsp3) is 0.467. The maximum atomic E-state index is 12.4. The van der Waals surface area contributed by atoms with Gasteiger partial charge in [0.05, 0.1) is 12.0 Å². The molecule has 2 unspecified atom stereocenters. The number of fused-ring (bicyclic) bond motifs is 1. The second-order valence-electron chi connectivity index (χ2n) is 5.26. The van der Waals surface area contributed by atoms with Crippen molar-refractivity contribution in [1.82, 2.24) is 0 Å². The molecule has 1 fully saturated rings. The number of nitrogens with one attached hydrogen (secondary N) is 1. The molecular formula is C15H17NO3. The molecule has 19 heavy (non-hydrogen) atoms. The van der Waals surface area contributed by atoms with Crippen molar-refractivity contribution in [3.05, 3.63) is 29.3 Å². The molecule has 0 radical (unpaired) electrons. The first-order valence-electron chi connectivity index (χ1n) is 6.74. The molecule has 1 saturated heterocycles. The van der Waals surface area contributed by atoms with E-state index in [1.807, 2.05) is 19.1 Å². The first-order chi connectivity index (χ1) is 9.15. The minimum atomic E-state index is -0.0313. The zero-order valence-corrected chi connectivity index (χ0v) is 10.9. The van der Waals surface area contributed by atoms with E-state index in [1.54, 1.807) is 6.07 Å². The molecule has 2 atom stereocenters. The lowest BCUT2D eigenvalue weighted by Gasteiger charge is -2.18. The molecule has 2 heterocycles. The van der Waals surface area contributed by atoms with E-state index in [4.69, 9.17) is 4.74 Å². The van der Waals surface area contributed by atoms with Crippen molar-refractivity contribution in [3.8, 4) is 0 Å². The minimum absolute atomic E-state index is 0.00300. The highest BCUT2D eigenvalue weighted by molar-refractivity contribution is 6.00. The zero-order valence-electron chi connectivity index (χ0n) is 10.9. The van der Waals surface area contributed by atoms with Crippen LogP contribution in [0.4, 0.5) is 5.69 Å². The highest BCUT2D eigenvalue weighted by atomic mass is 16.5. The number of ether oxygens (including phenoxy) is 1. The van der Waals surface area contributed by atoms with Crippen molar-refractivity contribution in [3.63, 3.8) is 0 Å². The summed E-state index contributed by atoms with van der Waals surface area (Å²) in [5.74, 6) is 0.172. The third-order valence-electron chi connectivity index (χ3n) is 4.00. The molecule has 2 aliphatic heterocycles. The Hall–Kier alpha value is -1.68. The Labute approximate surface area is 112 Å². The van der Waals surface area contributed by atoms with Crippen molar-refractivity contribution in [2.75, 3.05) is 11.9 Å². The van der Waals surface area contributed by atoms with Crippen LogP contribution >= 0.6 is 0 Å². The third-order valence-corrected chi connectivity index (χ3v) is 4.00. The molecule has 0 bridgehead atoms. The summed E-state index contributed by atoms with van der Waals surface area (Å²) in [5.41, 5.74) is 2.62. The lowest BCUT2D eigenvalue weighted by molar-refractivity contribution is -0.116. The molecule has 0 aliphatic carbocycles. The van der Waals surface area contributed by atoms with Crippen LogP contribution in [0, 0.1) is 5.92 Å². The summed E-state index contributed by atoms with van der Waals surface area (Å²) in [4.78, 5) is 23.7. The Morgan fingerprint density at radius 1 is 1.37 bits per heavy atom. The van der Waals surface area contributed by atoms with Gasteiger partial charge in [0.15, 0.2) is 5.78 Å². The maximum Gasteiger partial charge on any atom is 0.224 e. The Kier molecular flexibility index (Phi) is 3.11. The van der Waals surface area contributed by atoms with Gasteiger partial charge in [0.25, 0.3) is 0 Å². The van der Waals surface area contributed by atoms with Crippen LogP contribution in [-0.2, 0) is 16.0 Å². The van der Waals surface area contributed by atoms with Crippen LogP contribution in [0.3, 0.4) is 0 Å². The summed E-state index contributed by atoms with van der Waals surface area (Å²) < 4.78 is 5.46. The Bertz CT molecular complexity index is 538. The van der Waals surface area contributed by atoms with Crippen LogP contribution in [-0.4, -0.2) is 24.4 Å². The molecule has 0 spiro atoms.